The number of benzene rings is 2. The van der Waals surface area contributed by atoms with Gasteiger partial charge in [0, 0.05) is 25.5 Å². The van der Waals surface area contributed by atoms with E-state index in [1.807, 2.05) is 36.4 Å². The van der Waals surface area contributed by atoms with E-state index in [0.717, 1.165) is 33.4 Å². The first-order valence-electron chi connectivity index (χ1n) is 7.89. The number of carbonyl (C=O) groups is 1. The van der Waals surface area contributed by atoms with E-state index in [9.17, 15) is 4.79 Å². The summed E-state index contributed by atoms with van der Waals surface area (Å²) in [7, 11) is 0. The summed E-state index contributed by atoms with van der Waals surface area (Å²) >= 11 is 10.9. The van der Waals surface area contributed by atoms with Crippen LogP contribution in [-0.4, -0.2) is 10.9 Å². The van der Waals surface area contributed by atoms with Crippen LogP contribution in [-0.2, 0) is 6.42 Å². The van der Waals surface area contributed by atoms with Crippen LogP contribution >= 0.6 is 38.9 Å². The molecule has 6 heteroatoms. The number of anilines is 1. The molecule has 1 aromatic heterocycles. The van der Waals surface area contributed by atoms with Crippen molar-refractivity contribution in [2.24, 2.45) is 0 Å². The van der Waals surface area contributed by atoms with Gasteiger partial charge in [0.05, 0.1) is 5.69 Å². The average molecular weight is 436 g/mol. The van der Waals surface area contributed by atoms with Gasteiger partial charge in [0.25, 0.3) is 5.91 Å². The zero-order chi connectivity index (χ0) is 17.8. The number of nitrogens with zero attached hydrogens (tertiary/aromatic N) is 1. The maximum absolute atomic E-state index is 12.4. The van der Waals surface area contributed by atoms with Gasteiger partial charge in [-0.25, -0.2) is 4.98 Å². The molecule has 0 bridgehead atoms. The zero-order valence-corrected chi connectivity index (χ0v) is 16.7. The first kappa shape index (κ1) is 18.1. The van der Waals surface area contributed by atoms with E-state index < -0.39 is 0 Å². The van der Waals surface area contributed by atoms with Crippen molar-refractivity contribution in [1.82, 2.24) is 4.98 Å². The molecule has 3 rings (SSSR count). The lowest BCUT2D eigenvalue weighted by Gasteiger charge is -2.02. The summed E-state index contributed by atoms with van der Waals surface area (Å²) in [6, 6.07) is 14.9. The van der Waals surface area contributed by atoms with Gasteiger partial charge in [-0.1, -0.05) is 59.1 Å². The second kappa shape index (κ2) is 8.13. The summed E-state index contributed by atoms with van der Waals surface area (Å²) in [5, 5.41) is 4.21. The molecule has 0 aliphatic rings. The van der Waals surface area contributed by atoms with Crippen LogP contribution in [0, 0.1) is 0 Å². The first-order chi connectivity index (χ1) is 12.1. The third kappa shape index (κ3) is 4.48. The Morgan fingerprint density at radius 1 is 1.24 bits per heavy atom. The van der Waals surface area contributed by atoms with Crippen LogP contribution < -0.4 is 5.32 Å². The number of carbonyl (C=O) groups excluding carboxylic acids is 1. The number of hydrogen-bond donors (Lipinski definition) is 1. The normalized spacial score (nSPS) is 10.7. The smallest absolute Gasteiger partial charge is 0.257 e. The highest BCUT2D eigenvalue weighted by Gasteiger charge is 2.15. The Labute approximate surface area is 164 Å². The van der Waals surface area contributed by atoms with E-state index in [1.165, 1.54) is 11.3 Å². The van der Waals surface area contributed by atoms with Gasteiger partial charge < -0.3 is 0 Å². The molecule has 3 aromatic rings. The Balaban J connectivity index is 1.88. The molecule has 25 heavy (non-hydrogen) atoms. The number of thiazole rings is 1. The van der Waals surface area contributed by atoms with Crippen LogP contribution in [0.1, 0.15) is 28.6 Å². The summed E-state index contributed by atoms with van der Waals surface area (Å²) in [5.41, 5.74) is 2.51. The molecule has 2 aromatic carbocycles. The lowest BCUT2D eigenvalue weighted by Crippen LogP contribution is -2.11. The van der Waals surface area contributed by atoms with Crippen LogP contribution in [0.5, 0.6) is 0 Å². The van der Waals surface area contributed by atoms with E-state index in [0.29, 0.717) is 15.7 Å². The lowest BCUT2D eigenvalue weighted by atomic mass is 10.1. The van der Waals surface area contributed by atoms with Crippen molar-refractivity contribution < 1.29 is 4.79 Å². The van der Waals surface area contributed by atoms with Crippen molar-refractivity contribution >= 4 is 49.9 Å². The Morgan fingerprint density at radius 2 is 2.00 bits per heavy atom. The third-order valence-electron chi connectivity index (χ3n) is 3.60. The first-order valence-corrected chi connectivity index (χ1v) is 9.88. The fourth-order valence-electron chi connectivity index (χ4n) is 2.43. The van der Waals surface area contributed by atoms with Gasteiger partial charge in [-0.3, -0.25) is 10.1 Å². The summed E-state index contributed by atoms with van der Waals surface area (Å²) in [5.74, 6) is -0.166. The SMILES string of the molecule is CCCc1sc(NC(=O)c2cccc(Br)c2)nc1-c1ccc(Cl)cc1. The minimum Gasteiger partial charge on any atom is -0.298 e. The van der Waals surface area contributed by atoms with Crippen molar-refractivity contribution in [1.29, 1.82) is 0 Å². The molecule has 0 aliphatic heterocycles. The number of nitrogens with one attached hydrogen (secondary N) is 1. The van der Waals surface area contributed by atoms with E-state index in [2.05, 4.69) is 33.2 Å². The van der Waals surface area contributed by atoms with E-state index in [1.54, 1.807) is 12.1 Å². The maximum Gasteiger partial charge on any atom is 0.257 e. The average Bonchev–Trinajstić information content (AvgIpc) is 2.98. The van der Waals surface area contributed by atoms with Crippen LogP contribution in [0.25, 0.3) is 11.3 Å². The molecule has 0 radical (unpaired) electrons. The highest BCUT2D eigenvalue weighted by Crippen LogP contribution is 2.33. The Morgan fingerprint density at radius 3 is 2.68 bits per heavy atom. The quantitative estimate of drug-likeness (QED) is 0.501. The Bertz CT molecular complexity index is 893. The maximum atomic E-state index is 12.4. The van der Waals surface area contributed by atoms with Gasteiger partial charge >= 0.3 is 0 Å². The molecule has 3 nitrogen and oxygen atoms in total. The highest BCUT2D eigenvalue weighted by molar-refractivity contribution is 9.10. The number of amides is 1. The van der Waals surface area contributed by atoms with Gasteiger partial charge in [-0.05, 0) is 36.8 Å². The van der Waals surface area contributed by atoms with E-state index in [4.69, 9.17) is 11.6 Å². The van der Waals surface area contributed by atoms with Crippen molar-refractivity contribution in [3.05, 3.63) is 68.5 Å². The molecule has 0 saturated heterocycles. The highest BCUT2D eigenvalue weighted by atomic mass is 79.9. The Kier molecular flexibility index (Phi) is 5.89. The number of rotatable bonds is 5. The molecular weight excluding hydrogens is 420 g/mol. The van der Waals surface area contributed by atoms with Gasteiger partial charge in [0.2, 0.25) is 0 Å². The minimum atomic E-state index is -0.166. The monoisotopic (exact) mass is 434 g/mol. The fraction of sp³-hybridized carbons (Fsp3) is 0.158. The summed E-state index contributed by atoms with van der Waals surface area (Å²) in [6.45, 7) is 2.13. The standard InChI is InChI=1S/C19H16BrClN2OS/c1-2-4-16-17(12-7-9-15(21)10-8-12)22-19(25-16)23-18(24)13-5-3-6-14(20)11-13/h3,5-11H,2,4H2,1H3,(H,22,23,24). The van der Waals surface area contributed by atoms with Gasteiger partial charge in [0.1, 0.15) is 0 Å². The van der Waals surface area contributed by atoms with Gasteiger partial charge in [-0.2, -0.15) is 0 Å². The molecule has 128 valence electrons. The predicted molar refractivity (Wildman–Crippen MR) is 109 cm³/mol. The predicted octanol–water partition coefficient (Wildman–Crippen LogP) is 6.43. The van der Waals surface area contributed by atoms with E-state index in [-0.39, 0.29) is 5.91 Å². The van der Waals surface area contributed by atoms with Crippen LogP contribution in [0.2, 0.25) is 5.02 Å². The van der Waals surface area contributed by atoms with Crippen molar-refractivity contribution in [3.8, 4) is 11.3 Å². The summed E-state index contributed by atoms with van der Waals surface area (Å²) in [4.78, 5) is 18.3. The summed E-state index contributed by atoms with van der Waals surface area (Å²) < 4.78 is 0.868. The molecule has 0 unspecified atom stereocenters. The van der Waals surface area contributed by atoms with Gasteiger partial charge in [0.15, 0.2) is 5.13 Å². The molecule has 0 fully saturated rings. The van der Waals surface area contributed by atoms with Gasteiger partial charge in [-0.15, -0.1) is 11.3 Å². The fourth-order valence-corrected chi connectivity index (χ4v) is 4.04. The van der Waals surface area contributed by atoms with Crippen LogP contribution in [0.3, 0.4) is 0 Å². The zero-order valence-electron chi connectivity index (χ0n) is 13.6. The Hall–Kier alpha value is -1.69. The number of halogens is 2. The molecule has 1 heterocycles. The minimum absolute atomic E-state index is 0.166. The summed E-state index contributed by atoms with van der Waals surface area (Å²) in [6.07, 6.45) is 1.93. The topological polar surface area (TPSA) is 42.0 Å². The molecule has 0 atom stereocenters. The molecule has 0 aliphatic carbocycles. The molecule has 1 N–H and O–H groups in total. The van der Waals surface area contributed by atoms with Crippen molar-refractivity contribution in [2.45, 2.75) is 19.8 Å². The number of hydrogen-bond acceptors (Lipinski definition) is 3. The van der Waals surface area contributed by atoms with Crippen molar-refractivity contribution in [3.63, 3.8) is 0 Å². The third-order valence-corrected chi connectivity index (χ3v) is 5.38. The second-order valence-electron chi connectivity index (χ2n) is 5.51. The van der Waals surface area contributed by atoms with Crippen molar-refractivity contribution in [2.75, 3.05) is 5.32 Å². The number of aromatic nitrogens is 1. The molecule has 0 spiro atoms. The van der Waals surface area contributed by atoms with Crippen LogP contribution in [0.4, 0.5) is 5.13 Å². The second-order valence-corrected chi connectivity index (χ2v) is 7.95. The largest absolute Gasteiger partial charge is 0.298 e. The van der Waals surface area contributed by atoms with E-state index >= 15 is 0 Å². The number of aryl methyl sites for hydroxylation is 1. The van der Waals surface area contributed by atoms with Crippen LogP contribution in [0.15, 0.2) is 53.0 Å². The molecule has 0 saturated carbocycles. The molecular formula is C19H16BrClN2OS. The lowest BCUT2D eigenvalue weighted by molar-refractivity contribution is 0.102. The molecule has 1 amide bonds.